The van der Waals surface area contributed by atoms with Gasteiger partial charge in [-0.05, 0) is 73.5 Å². The fraction of sp³-hybridized carbons (Fsp3) is 0.414. The third-order valence-electron chi connectivity index (χ3n) is 7.62. The summed E-state index contributed by atoms with van der Waals surface area (Å²) >= 11 is 0. The number of hydrogen-bond acceptors (Lipinski definition) is 6. The summed E-state index contributed by atoms with van der Waals surface area (Å²) in [5, 5.41) is 10.7. The molecule has 1 amide bonds. The van der Waals surface area contributed by atoms with Crippen LogP contribution in [-0.4, -0.2) is 43.0 Å². The Hall–Kier alpha value is -3.86. The molecule has 0 saturated carbocycles. The molecule has 11 heteroatoms. The van der Waals surface area contributed by atoms with Gasteiger partial charge in [0, 0.05) is 30.7 Å². The molecule has 1 fully saturated rings. The van der Waals surface area contributed by atoms with E-state index < -0.39 is 23.3 Å². The number of carbonyl (C=O) groups is 1. The van der Waals surface area contributed by atoms with E-state index in [2.05, 4.69) is 15.7 Å². The first-order chi connectivity index (χ1) is 19.1. The average molecular weight is 557 g/mol. The highest BCUT2D eigenvalue weighted by Gasteiger charge is 2.37. The van der Waals surface area contributed by atoms with Crippen LogP contribution in [-0.2, 0) is 23.8 Å². The fourth-order valence-electron chi connectivity index (χ4n) is 5.72. The Morgan fingerprint density at radius 1 is 1.10 bits per heavy atom. The molecular formula is C29H31F3N4O4. The standard InChI is InChI=1S/C29H31F3N4O4/c1-16(37)34-26(18-9-10-33-15-18)17-7-8-24(29(30,31)32)25(13-17)36-28(38)23-6-4-5-22(23)27(35-36)19-11-20(39-2)14-21(12-19)40-3/h7-8,11-14,18,26,33H,4-6,9-10,15H2,1-3H3,(H,34,37). The van der Waals surface area contributed by atoms with E-state index in [1.165, 1.54) is 33.3 Å². The highest BCUT2D eigenvalue weighted by Crippen LogP contribution is 2.38. The smallest absolute Gasteiger partial charge is 0.418 e. The maximum atomic E-state index is 14.3. The minimum atomic E-state index is -4.74. The number of halogens is 3. The number of nitrogens with zero attached hydrogens (tertiary/aromatic N) is 2. The van der Waals surface area contributed by atoms with E-state index in [9.17, 15) is 22.8 Å². The van der Waals surface area contributed by atoms with Gasteiger partial charge < -0.3 is 20.1 Å². The number of methoxy groups -OCH3 is 2. The van der Waals surface area contributed by atoms with Gasteiger partial charge in [0.05, 0.1) is 37.2 Å². The zero-order valence-electron chi connectivity index (χ0n) is 22.5. The van der Waals surface area contributed by atoms with Crippen molar-refractivity contribution >= 4 is 5.91 Å². The molecule has 40 heavy (non-hydrogen) atoms. The molecule has 1 aliphatic carbocycles. The van der Waals surface area contributed by atoms with Gasteiger partial charge >= 0.3 is 6.18 Å². The van der Waals surface area contributed by atoms with Crippen LogP contribution in [0.15, 0.2) is 41.2 Å². The van der Waals surface area contributed by atoms with Crippen molar-refractivity contribution in [2.24, 2.45) is 5.92 Å². The predicted molar refractivity (Wildman–Crippen MR) is 143 cm³/mol. The van der Waals surface area contributed by atoms with Gasteiger partial charge in [-0.3, -0.25) is 9.59 Å². The molecule has 0 radical (unpaired) electrons. The molecular weight excluding hydrogens is 525 g/mol. The van der Waals surface area contributed by atoms with Gasteiger partial charge in [0.15, 0.2) is 0 Å². The van der Waals surface area contributed by atoms with Crippen LogP contribution in [0, 0.1) is 5.92 Å². The second-order valence-electron chi connectivity index (χ2n) is 10.2. The number of aromatic nitrogens is 2. The zero-order chi connectivity index (χ0) is 28.6. The van der Waals surface area contributed by atoms with E-state index >= 15 is 0 Å². The van der Waals surface area contributed by atoms with Crippen molar-refractivity contribution in [2.75, 3.05) is 27.3 Å². The average Bonchev–Trinajstić information content (AvgIpc) is 3.64. The Balaban J connectivity index is 1.75. The second kappa shape index (κ2) is 11.0. The minimum absolute atomic E-state index is 0.0157. The first-order valence-electron chi connectivity index (χ1n) is 13.2. The molecule has 2 unspecified atom stereocenters. The van der Waals surface area contributed by atoms with E-state index in [-0.39, 0.29) is 17.5 Å². The van der Waals surface area contributed by atoms with Crippen LogP contribution < -0.4 is 25.7 Å². The van der Waals surface area contributed by atoms with Crippen molar-refractivity contribution in [1.29, 1.82) is 0 Å². The number of carbonyl (C=O) groups excluding carboxylic acids is 1. The van der Waals surface area contributed by atoms with E-state index in [0.717, 1.165) is 29.3 Å². The van der Waals surface area contributed by atoms with E-state index in [1.807, 2.05) is 0 Å². The van der Waals surface area contributed by atoms with Gasteiger partial charge in [0.25, 0.3) is 5.56 Å². The highest BCUT2D eigenvalue weighted by molar-refractivity contribution is 5.73. The van der Waals surface area contributed by atoms with Crippen LogP contribution in [0.3, 0.4) is 0 Å². The van der Waals surface area contributed by atoms with Crippen molar-refractivity contribution in [3.63, 3.8) is 0 Å². The molecule has 2 N–H and O–H groups in total. The first kappa shape index (κ1) is 27.7. The van der Waals surface area contributed by atoms with E-state index in [1.54, 1.807) is 18.2 Å². The SMILES string of the molecule is COc1cc(OC)cc(-c2nn(-c3cc(C(NC(C)=O)C4CCNC4)ccc3C(F)(F)F)c(=O)c3c2CCC3)c1. The van der Waals surface area contributed by atoms with Crippen molar-refractivity contribution in [3.8, 4) is 28.4 Å². The third-order valence-corrected chi connectivity index (χ3v) is 7.62. The second-order valence-corrected chi connectivity index (χ2v) is 10.2. The van der Waals surface area contributed by atoms with Crippen molar-refractivity contribution in [3.05, 3.63) is 69.0 Å². The lowest BCUT2D eigenvalue weighted by Crippen LogP contribution is -2.33. The number of hydrogen-bond donors (Lipinski definition) is 2. The maximum Gasteiger partial charge on any atom is 0.418 e. The van der Waals surface area contributed by atoms with Crippen LogP contribution >= 0.6 is 0 Å². The van der Waals surface area contributed by atoms with Crippen LogP contribution in [0.4, 0.5) is 13.2 Å². The molecule has 1 aromatic heterocycles. The molecule has 212 valence electrons. The van der Waals surface area contributed by atoms with Gasteiger partial charge in [0.1, 0.15) is 11.5 Å². The van der Waals surface area contributed by atoms with Gasteiger partial charge in [-0.15, -0.1) is 0 Å². The lowest BCUT2D eigenvalue weighted by atomic mass is 9.91. The van der Waals surface area contributed by atoms with E-state index in [0.29, 0.717) is 59.7 Å². The Morgan fingerprint density at radius 3 is 2.40 bits per heavy atom. The molecule has 0 bridgehead atoms. The number of fused-ring (bicyclic) bond motifs is 1. The summed E-state index contributed by atoms with van der Waals surface area (Å²) in [5.41, 5.74) is 0.685. The third kappa shape index (κ3) is 5.30. The summed E-state index contributed by atoms with van der Waals surface area (Å²) in [5.74, 6) is 0.669. The predicted octanol–water partition coefficient (Wildman–Crippen LogP) is 4.21. The Morgan fingerprint density at radius 2 is 1.80 bits per heavy atom. The molecule has 5 rings (SSSR count). The van der Waals surface area contributed by atoms with Crippen molar-refractivity contribution in [1.82, 2.24) is 20.4 Å². The van der Waals surface area contributed by atoms with Gasteiger partial charge in [-0.1, -0.05) is 6.07 Å². The van der Waals surface area contributed by atoms with Crippen molar-refractivity contribution in [2.45, 2.75) is 44.8 Å². The Bertz CT molecular complexity index is 1470. The summed E-state index contributed by atoms with van der Waals surface area (Å²) in [6, 6.07) is 8.28. The first-order valence-corrected chi connectivity index (χ1v) is 13.2. The molecule has 8 nitrogen and oxygen atoms in total. The number of nitrogens with one attached hydrogen (secondary N) is 2. The maximum absolute atomic E-state index is 14.3. The lowest BCUT2D eigenvalue weighted by molar-refractivity contribution is -0.137. The topological polar surface area (TPSA) is 94.5 Å². The largest absolute Gasteiger partial charge is 0.497 e. The molecule has 2 atom stereocenters. The molecule has 2 aliphatic rings. The molecule has 3 aromatic rings. The van der Waals surface area contributed by atoms with Gasteiger partial charge in [-0.25, -0.2) is 0 Å². The molecule has 0 spiro atoms. The zero-order valence-corrected chi connectivity index (χ0v) is 22.5. The summed E-state index contributed by atoms with van der Waals surface area (Å²) in [6.45, 7) is 2.73. The summed E-state index contributed by atoms with van der Waals surface area (Å²) in [4.78, 5) is 25.7. The lowest BCUT2D eigenvalue weighted by Gasteiger charge is -2.26. The van der Waals surface area contributed by atoms with Crippen LogP contribution in [0.25, 0.3) is 16.9 Å². The number of rotatable bonds is 7. The minimum Gasteiger partial charge on any atom is -0.497 e. The normalized spacial score (nSPS) is 17.4. The number of amides is 1. The quantitative estimate of drug-likeness (QED) is 0.453. The Kier molecular flexibility index (Phi) is 7.59. The molecule has 2 aromatic carbocycles. The van der Waals surface area contributed by atoms with Crippen LogP contribution in [0.5, 0.6) is 11.5 Å². The monoisotopic (exact) mass is 556 g/mol. The van der Waals surface area contributed by atoms with Gasteiger partial charge in [-0.2, -0.15) is 23.0 Å². The molecule has 1 saturated heterocycles. The van der Waals surface area contributed by atoms with Crippen LogP contribution in [0.2, 0.25) is 0 Å². The van der Waals surface area contributed by atoms with Gasteiger partial charge in [0.2, 0.25) is 5.91 Å². The summed E-state index contributed by atoms with van der Waals surface area (Å²) < 4.78 is 54.7. The summed E-state index contributed by atoms with van der Waals surface area (Å²) in [6.07, 6.45) is -2.28. The summed E-state index contributed by atoms with van der Waals surface area (Å²) in [7, 11) is 3.01. The highest BCUT2D eigenvalue weighted by atomic mass is 19.4. The molecule has 2 heterocycles. The van der Waals surface area contributed by atoms with Crippen molar-refractivity contribution < 1.29 is 27.4 Å². The molecule has 1 aliphatic heterocycles. The fourth-order valence-corrected chi connectivity index (χ4v) is 5.72. The van der Waals surface area contributed by atoms with E-state index in [4.69, 9.17) is 9.47 Å². The number of ether oxygens (including phenoxy) is 2. The number of benzene rings is 2. The van der Waals surface area contributed by atoms with Crippen LogP contribution in [0.1, 0.15) is 48.1 Å². The number of alkyl halides is 3. The Labute approximate surface area is 229 Å².